The highest BCUT2D eigenvalue weighted by Crippen LogP contribution is 2.24. The van der Waals surface area contributed by atoms with E-state index in [0.29, 0.717) is 17.2 Å². The molecule has 7 heteroatoms. The van der Waals surface area contributed by atoms with Gasteiger partial charge in [-0.25, -0.2) is 4.98 Å². The van der Waals surface area contributed by atoms with Gasteiger partial charge in [-0.15, -0.1) is 11.8 Å². The Morgan fingerprint density at radius 1 is 1.14 bits per heavy atom. The van der Waals surface area contributed by atoms with Gasteiger partial charge in [0.15, 0.2) is 0 Å². The van der Waals surface area contributed by atoms with Gasteiger partial charge in [0.2, 0.25) is 5.91 Å². The quantitative estimate of drug-likeness (QED) is 0.705. The van der Waals surface area contributed by atoms with E-state index in [9.17, 15) is 9.59 Å². The molecule has 1 atom stereocenters. The number of rotatable bonds is 5. The topological polar surface area (TPSA) is 67.2 Å². The first-order valence-electron chi connectivity index (χ1n) is 9.43. The summed E-state index contributed by atoms with van der Waals surface area (Å²) in [6.07, 6.45) is 3.73. The number of aryl methyl sites for hydroxylation is 1. The van der Waals surface area contributed by atoms with E-state index in [2.05, 4.69) is 14.9 Å². The average Bonchev–Trinajstić information content (AvgIpc) is 3.39. The molecule has 1 saturated heterocycles. The summed E-state index contributed by atoms with van der Waals surface area (Å²) in [6.45, 7) is 2.70. The second-order valence-electron chi connectivity index (χ2n) is 6.95. The molecule has 1 unspecified atom stereocenters. The number of hydrogen-bond donors (Lipinski definition) is 1. The van der Waals surface area contributed by atoms with Gasteiger partial charge in [0.05, 0.1) is 5.88 Å². The van der Waals surface area contributed by atoms with Crippen molar-refractivity contribution in [2.75, 3.05) is 16.9 Å². The van der Waals surface area contributed by atoms with Crippen LogP contribution in [-0.4, -0.2) is 43.9 Å². The van der Waals surface area contributed by atoms with Gasteiger partial charge in [-0.05, 0) is 36.8 Å². The summed E-state index contributed by atoms with van der Waals surface area (Å²) in [5, 5.41) is 2.95. The van der Waals surface area contributed by atoms with E-state index in [4.69, 9.17) is 0 Å². The Hall–Kier alpha value is -3.06. The zero-order valence-corrected chi connectivity index (χ0v) is 16.9. The van der Waals surface area contributed by atoms with Gasteiger partial charge in [-0.3, -0.25) is 9.59 Å². The van der Waals surface area contributed by atoms with Crippen molar-refractivity contribution >= 4 is 29.3 Å². The predicted molar refractivity (Wildman–Crippen MR) is 115 cm³/mol. The van der Waals surface area contributed by atoms with Crippen molar-refractivity contribution in [3.05, 3.63) is 83.9 Å². The van der Waals surface area contributed by atoms with Gasteiger partial charge in [-0.1, -0.05) is 30.3 Å². The number of anilines is 1. The average molecular weight is 407 g/mol. The summed E-state index contributed by atoms with van der Waals surface area (Å²) in [4.78, 5) is 31.5. The van der Waals surface area contributed by atoms with Crippen molar-refractivity contribution in [2.24, 2.45) is 0 Å². The van der Waals surface area contributed by atoms with Crippen LogP contribution < -0.4 is 5.32 Å². The van der Waals surface area contributed by atoms with Crippen molar-refractivity contribution in [3.63, 3.8) is 0 Å². The zero-order chi connectivity index (χ0) is 20.2. The van der Waals surface area contributed by atoms with Crippen molar-refractivity contribution in [1.82, 2.24) is 14.5 Å². The van der Waals surface area contributed by atoms with Crippen molar-refractivity contribution in [2.45, 2.75) is 19.5 Å². The lowest BCUT2D eigenvalue weighted by atomic mass is 10.1. The number of hydrogen-bond acceptors (Lipinski definition) is 4. The predicted octanol–water partition coefficient (Wildman–Crippen LogP) is 3.39. The lowest BCUT2D eigenvalue weighted by molar-refractivity contribution is -0.119. The molecule has 148 valence electrons. The molecule has 1 aromatic heterocycles. The number of carbonyl (C=O) groups excluding carboxylic acids is 2. The van der Waals surface area contributed by atoms with Crippen LogP contribution in [0.3, 0.4) is 0 Å². The molecule has 2 heterocycles. The summed E-state index contributed by atoms with van der Waals surface area (Å²) in [5.74, 6) is 1.82. The molecule has 2 aromatic carbocycles. The van der Waals surface area contributed by atoms with E-state index in [1.165, 1.54) is 0 Å². The molecular formula is C22H22N4O2S. The molecule has 3 aromatic rings. The Balaban J connectivity index is 1.40. The Bertz CT molecular complexity index is 1000. The third kappa shape index (κ3) is 4.35. The van der Waals surface area contributed by atoms with E-state index in [0.717, 1.165) is 23.6 Å². The summed E-state index contributed by atoms with van der Waals surface area (Å²) >= 11 is 1.59. The molecule has 0 saturated carbocycles. The van der Waals surface area contributed by atoms with Gasteiger partial charge in [0, 0.05) is 35.9 Å². The van der Waals surface area contributed by atoms with E-state index < -0.39 is 6.04 Å². The molecule has 29 heavy (non-hydrogen) atoms. The molecule has 2 amide bonds. The molecule has 0 radical (unpaired) electrons. The first-order chi connectivity index (χ1) is 14.1. The molecule has 0 bridgehead atoms. The third-order valence-electron chi connectivity index (χ3n) is 4.96. The highest BCUT2D eigenvalue weighted by atomic mass is 32.2. The van der Waals surface area contributed by atoms with Crippen LogP contribution in [0.1, 0.15) is 21.7 Å². The summed E-state index contributed by atoms with van der Waals surface area (Å²) in [6, 6.07) is 16.4. The molecule has 0 aliphatic carbocycles. The minimum atomic E-state index is -0.471. The molecule has 1 aliphatic heterocycles. The second kappa shape index (κ2) is 8.53. The molecule has 1 fully saturated rings. The summed E-state index contributed by atoms with van der Waals surface area (Å²) in [7, 11) is 0. The fraction of sp³-hybridized carbons (Fsp3) is 0.227. The summed E-state index contributed by atoms with van der Waals surface area (Å²) < 4.78 is 2.07. The van der Waals surface area contributed by atoms with Crippen LogP contribution in [0.25, 0.3) is 0 Å². The van der Waals surface area contributed by atoms with Crippen LogP contribution in [0.5, 0.6) is 0 Å². The highest BCUT2D eigenvalue weighted by Gasteiger charge is 2.35. The first-order valence-corrected chi connectivity index (χ1v) is 10.6. The Kier molecular flexibility index (Phi) is 5.67. The monoisotopic (exact) mass is 406 g/mol. The van der Waals surface area contributed by atoms with Gasteiger partial charge < -0.3 is 14.8 Å². The molecule has 0 spiro atoms. The van der Waals surface area contributed by atoms with Crippen LogP contribution in [0.2, 0.25) is 0 Å². The van der Waals surface area contributed by atoms with E-state index >= 15 is 0 Å². The number of nitrogens with zero attached hydrogens (tertiary/aromatic N) is 3. The Labute approximate surface area is 173 Å². The Morgan fingerprint density at radius 3 is 2.59 bits per heavy atom. The fourth-order valence-corrected chi connectivity index (χ4v) is 4.45. The molecular weight excluding hydrogens is 384 g/mol. The minimum Gasteiger partial charge on any atom is -0.331 e. The SMILES string of the molecule is Cc1nccn1Cc1ccc(NC(=O)C2CSCN2C(=O)c2ccccc2)cc1. The highest BCUT2D eigenvalue weighted by molar-refractivity contribution is 7.99. The van der Waals surface area contributed by atoms with Crippen molar-refractivity contribution in [3.8, 4) is 0 Å². The van der Waals surface area contributed by atoms with Crippen LogP contribution in [-0.2, 0) is 11.3 Å². The number of imidazole rings is 1. The number of aromatic nitrogens is 2. The van der Waals surface area contributed by atoms with Crippen LogP contribution in [0.15, 0.2) is 67.0 Å². The molecule has 4 rings (SSSR count). The number of carbonyl (C=O) groups is 2. The molecule has 1 aliphatic rings. The standard InChI is InChI=1S/C22H22N4O2S/c1-16-23-11-12-25(16)13-17-7-9-19(10-8-17)24-21(27)20-14-29-15-26(20)22(28)18-5-3-2-4-6-18/h2-12,20H,13-15H2,1H3,(H,24,27). The largest absolute Gasteiger partial charge is 0.331 e. The third-order valence-corrected chi connectivity index (χ3v) is 5.98. The maximum Gasteiger partial charge on any atom is 0.255 e. The Morgan fingerprint density at radius 2 is 1.90 bits per heavy atom. The lowest BCUT2D eigenvalue weighted by Crippen LogP contribution is -2.44. The first kappa shape index (κ1) is 19.3. The number of thioether (sulfide) groups is 1. The van der Waals surface area contributed by atoms with Gasteiger partial charge in [-0.2, -0.15) is 0 Å². The molecule has 1 N–H and O–H groups in total. The maximum absolute atomic E-state index is 12.8. The van der Waals surface area contributed by atoms with Crippen molar-refractivity contribution in [1.29, 1.82) is 0 Å². The van der Waals surface area contributed by atoms with Crippen LogP contribution >= 0.6 is 11.8 Å². The van der Waals surface area contributed by atoms with Crippen molar-refractivity contribution < 1.29 is 9.59 Å². The van der Waals surface area contributed by atoms with Crippen LogP contribution in [0, 0.1) is 6.92 Å². The van der Waals surface area contributed by atoms with Crippen LogP contribution in [0.4, 0.5) is 5.69 Å². The second-order valence-corrected chi connectivity index (χ2v) is 7.94. The number of benzene rings is 2. The smallest absolute Gasteiger partial charge is 0.255 e. The number of nitrogens with one attached hydrogen (secondary N) is 1. The minimum absolute atomic E-state index is 0.109. The van der Waals surface area contributed by atoms with E-state index in [1.807, 2.05) is 55.6 Å². The normalized spacial score (nSPS) is 16.0. The van der Waals surface area contributed by atoms with Gasteiger partial charge in [0.25, 0.3) is 5.91 Å². The van der Waals surface area contributed by atoms with E-state index in [1.54, 1.807) is 35.0 Å². The van der Waals surface area contributed by atoms with E-state index in [-0.39, 0.29) is 11.8 Å². The van der Waals surface area contributed by atoms with Gasteiger partial charge >= 0.3 is 0 Å². The fourth-order valence-electron chi connectivity index (χ4n) is 3.29. The van der Waals surface area contributed by atoms with Gasteiger partial charge in [0.1, 0.15) is 11.9 Å². The summed E-state index contributed by atoms with van der Waals surface area (Å²) in [5.41, 5.74) is 2.46. The zero-order valence-electron chi connectivity index (χ0n) is 16.1. The molecule has 6 nitrogen and oxygen atoms in total. The number of amides is 2. The lowest BCUT2D eigenvalue weighted by Gasteiger charge is -2.23. The maximum atomic E-state index is 12.8.